The van der Waals surface area contributed by atoms with E-state index < -0.39 is 11.9 Å². The summed E-state index contributed by atoms with van der Waals surface area (Å²) in [5.41, 5.74) is 10.8. The number of nitrogens with zero attached hydrogens (tertiary/aromatic N) is 2. The summed E-state index contributed by atoms with van der Waals surface area (Å²) < 4.78 is 0. The average molecular weight is 214 g/mol. The van der Waals surface area contributed by atoms with Crippen molar-refractivity contribution in [2.24, 2.45) is 11.5 Å². The number of piperazine rings is 1. The van der Waals surface area contributed by atoms with Gasteiger partial charge in [0.1, 0.15) is 0 Å². The van der Waals surface area contributed by atoms with Crippen LogP contribution in [0.4, 0.5) is 0 Å². The van der Waals surface area contributed by atoms with E-state index >= 15 is 0 Å². The SMILES string of the molecule is CC1CN(CC(N)C(N)=O)CC(C)N1C. The Kier molecular flexibility index (Phi) is 4.07. The maximum absolute atomic E-state index is 10.9. The first kappa shape index (κ1) is 12.4. The smallest absolute Gasteiger partial charge is 0.235 e. The zero-order chi connectivity index (χ0) is 11.6. The molecule has 1 fully saturated rings. The third kappa shape index (κ3) is 3.15. The van der Waals surface area contributed by atoms with Crippen molar-refractivity contribution in [3.05, 3.63) is 0 Å². The molecule has 0 aromatic rings. The second-order valence-corrected chi connectivity index (χ2v) is 4.59. The van der Waals surface area contributed by atoms with Crippen molar-refractivity contribution in [1.82, 2.24) is 9.80 Å². The molecule has 1 aliphatic rings. The van der Waals surface area contributed by atoms with Crippen molar-refractivity contribution in [2.75, 3.05) is 26.7 Å². The van der Waals surface area contributed by atoms with Crippen molar-refractivity contribution < 1.29 is 4.79 Å². The first-order valence-corrected chi connectivity index (χ1v) is 5.41. The van der Waals surface area contributed by atoms with Crippen LogP contribution in [0.25, 0.3) is 0 Å². The predicted molar refractivity (Wildman–Crippen MR) is 60.3 cm³/mol. The minimum absolute atomic E-state index is 0.422. The lowest BCUT2D eigenvalue weighted by molar-refractivity contribution is -0.119. The topological polar surface area (TPSA) is 75.6 Å². The number of carbonyl (C=O) groups excluding carboxylic acids is 1. The maximum Gasteiger partial charge on any atom is 0.235 e. The van der Waals surface area contributed by atoms with Gasteiger partial charge >= 0.3 is 0 Å². The van der Waals surface area contributed by atoms with Crippen molar-refractivity contribution in [2.45, 2.75) is 32.0 Å². The summed E-state index contributed by atoms with van der Waals surface area (Å²) in [5, 5.41) is 0. The van der Waals surface area contributed by atoms with Crippen LogP contribution in [-0.2, 0) is 4.79 Å². The molecule has 1 saturated heterocycles. The molecule has 15 heavy (non-hydrogen) atoms. The van der Waals surface area contributed by atoms with Crippen LogP contribution in [-0.4, -0.2) is 60.5 Å². The lowest BCUT2D eigenvalue weighted by Crippen LogP contribution is -2.58. The molecule has 5 nitrogen and oxygen atoms in total. The number of hydrogen-bond acceptors (Lipinski definition) is 4. The fourth-order valence-corrected chi connectivity index (χ4v) is 2.03. The Morgan fingerprint density at radius 1 is 1.40 bits per heavy atom. The van der Waals surface area contributed by atoms with Crippen LogP contribution in [0.5, 0.6) is 0 Å². The van der Waals surface area contributed by atoms with E-state index in [1.54, 1.807) is 0 Å². The number of rotatable bonds is 3. The predicted octanol–water partition coefficient (Wildman–Crippen LogP) is -1.18. The molecule has 88 valence electrons. The largest absolute Gasteiger partial charge is 0.368 e. The van der Waals surface area contributed by atoms with Gasteiger partial charge in [-0.3, -0.25) is 14.6 Å². The number of hydrogen-bond donors (Lipinski definition) is 2. The summed E-state index contributed by atoms with van der Waals surface area (Å²) in [6.07, 6.45) is 0. The van der Waals surface area contributed by atoms with Crippen molar-refractivity contribution in [3.8, 4) is 0 Å². The van der Waals surface area contributed by atoms with Crippen molar-refractivity contribution in [3.63, 3.8) is 0 Å². The average Bonchev–Trinajstić information content (AvgIpc) is 2.13. The molecule has 0 saturated carbocycles. The maximum atomic E-state index is 10.9. The third-order valence-electron chi connectivity index (χ3n) is 3.26. The molecule has 5 heteroatoms. The Balaban J connectivity index is 2.48. The molecule has 1 amide bonds. The molecule has 4 N–H and O–H groups in total. The first-order valence-electron chi connectivity index (χ1n) is 5.41. The molecular formula is C10H22N4O. The summed E-state index contributed by atoms with van der Waals surface area (Å²) in [4.78, 5) is 15.4. The normalized spacial score (nSPS) is 31.5. The zero-order valence-electron chi connectivity index (χ0n) is 9.81. The van der Waals surface area contributed by atoms with E-state index in [4.69, 9.17) is 11.5 Å². The zero-order valence-corrected chi connectivity index (χ0v) is 9.81. The molecule has 1 aliphatic heterocycles. The second kappa shape index (κ2) is 4.92. The van der Waals surface area contributed by atoms with Gasteiger partial charge in [0.2, 0.25) is 5.91 Å². The van der Waals surface area contributed by atoms with E-state index in [0.717, 1.165) is 13.1 Å². The van der Waals surface area contributed by atoms with E-state index in [-0.39, 0.29) is 0 Å². The minimum Gasteiger partial charge on any atom is -0.368 e. The summed E-state index contributed by atoms with van der Waals surface area (Å²) in [5.74, 6) is -0.422. The number of likely N-dealkylation sites (N-methyl/N-ethyl adjacent to an activating group) is 1. The Labute approximate surface area is 91.4 Å². The molecule has 1 heterocycles. The molecule has 0 bridgehead atoms. The summed E-state index contributed by atoms with van der Waals surface area (Å²) in [6.45, 7) is 6.82. The third-order valence-corrected chi connectivity index (χ3v) is 3.26. The van der Waals surface area contributed by atoms with Crippen molar-refractivity contribution in [1.29, 1.82) is 0 Å². The Morgan fingerprint density at radius 3 is 2.27 bits per heavy atom. The fraction of sp³-hybridized carbons (Fsp3) is 0.900. The highest BCUT2D eigenvalue weighted by Crippen LogP contribution is 2.12. The van der Waals surface area contributed by atoms with Gasteiger partial charge in [-0.05, 0) is 20.9 Å². The molecule has 0 spiro atoms. The van der Waals surface area contributed by atoms with Crippen molar-refractivity contribution >= 4 is 5.91 Å². The van der Waals surface area contributed by atoms with Gasteiger partial charge < -0.3 is 11.5 Å². The summed E-state index contributed by atoms with van der Waals surface area (Å²) in [6, 6.07) is 0.440. The molecule has 0 aromatic carbocycles. The Morgan fingerprint density at radius 2 is 1.87 bits per heavy atom. The van der Waals surface area contributed by atoms with E-state index in [0.29, 0.717) is 18.6 Å². The van der Waals surface area contributed by atoms with Gasteiger partial charge in [0.25, 0.3) is 0 Å². The summed E-state index contributed by atoms with van der Waals surface area (Å²) in [7, 11) is 2.13. The quantitative estimate of drug-likeness (QED) is 0.620. The molecule has 0 aliphatic carbocycles. The highest BCUT2D eigenvalue weighted by Gasteiger charge is 2.27. The molecular weight excluding hydrogens is 192 g/mol. The van der Waals surface area contributed by atoms with E-state index in [1.807, 2.05) is 0 Å². The van der Waals surface area contributed by atoms with Crippen LogP contribution in [0.2, 0.25) is 0 Å². The molecule has 3 unspecified atom stereocenters. The lowest BCUT2D eigenvalue weighted by atomic mass is 10.1. The first-order chi connectivity index (χ1) is 6.91. The number of carbonyl (C=O) groups is 1. The Hall–Kier alpha value is -0.650. The van der Waals surface area contributed by atoms with E-state index in [2.05, 4.69) is 30.7 Å². The lowest BCUT2D eigenvalue weighted by Gasteiger charge is -2.42. The fourth-order valence-electron chi connectivity index (χ4n) is 2.03. The molecule has 1 rings (SSSR count). The standard InChI is InChI=1S/C10H22N4O/c1-7-4-14(5-8(2)13(7)3)6-9(11)10(12)15/h7-9H,4-6,11H2,1-3H3,(H2,12,15). The number of amides is 1. The summed E-state index contributed by atoms with van der Waals surface area (Å²) >= 11 is 0. The van der Waals surface area contributed by atoms with Crippen LogP contribution in [0, 0.1) is 0 Å². The van der Waals surface area contributed by atoms with Gasteiger partial charge in [0.15, 0.2) is 0 Å². The van der Waals surface area contributed by atoms with Crippen LogP contribution in [0.1, 0.15) is 13.8 Å². The van der Waals surface area contributed by atoms with Gasteiger partial charge in [0.05, 0.1) is 6.04 Å². The second-order valence-electron chi connectivity index (χ2n) is 4.59. The highest BCUT2D eigenvalue weighted by atomic mass is 16.1. The van der Waals surface area contributed by atoms with E-state index in [1.165, 1.54) is 0 Å². The molecule has 0 aromatic heterocycles. The van der Waals surface area contributed by atoms with Crippen LogP contribution >= 0.6 is 0 Å². The van der Waals surface area contributed by atoms with Gasteiger partial charge in [-0.15, -0.1) is 0 Å². The van der Waals surface area contributed by atoms with Gasteiger partial charge in [-0.25, -0.2) is 0 Å². The van der Waals surface area contributed by atoms with Gasteiger partial charge in [-0.1, -0.05) is 0 Å². The van der Waals surface area contributed by atoms with Crippen LogP contribution < -0.4 is 11.5 Å². The Bertz CT molecular complexity index is 221. The minimum atomic E-state index is -0.548. The monoisotopic (exact) mass is 214 g/mol. The number of primary amides is 1. The molecule has 3 atom stereocenters. The highest BCUT2D eigenvalue weighted by molar-refractivity contribution is 5.79. The van der Waals surface area contributed by atoms with Crippen LogP contribution in [0.3, 0.4) is 0 Å². The van der Waals surface area contributed by atoms with Gasteiger partial charge in [-0.2, -0.15) is 0 Å². The number of nitrogens with two attached hydrogens (primary N) is 2. The van der Waals surface area contributed by atoms with Crippen LogP contribution in [0.15, 0.2) is 0 Å². The van der Waals surface area contributed by atoms with E-state index in [9.17, 15) is 4.79 Å². The van der Waals surface area contributed by atoms with Gasteiger partial charge in [0, 0.05) is 31.7 Å². The molecule has 0 radical (unpaired) electrons.